The maximum absolute atomic E-state index is 10.6. The summed E-state index contributed by atoms with van der Waals surface area (Å²) in [6.45, 7) is 0. The minimum absolute atomic E-state index is 0. The van der Waals surface area contributed by atoms with Crippen LogP contribution in [0.4, 0.5) is 0 Å². The van der Waals surface area contributed by atoms with Gasteiger partial charge in [-0.05, 0) is 53.1 Å². The standard InChI is InChI=1S/3C7H5BrOS.Bi/c3*8-6-3-1-5(2-4-6)7(9)10;/h3*1-4H,(H,9,10);/q;;;+3/p-3. The quantitative estimate of drug-likeness (QED) is 0.237. The molecule has 3 rings (SSSR count). The van der Waals surface area contributed by atoms with Gasteiger partial charge in [0, 0.05) is 28.8 Å². The molecule has 2 radical (unpaired) electrons. The molecule has 31 heavy (non-hydrogen) atoms. The fourth-order valence-corrected chi connectivity index (χ4v) is 2.96. The van der Waals surface area contributed by atoms with Crippen molar-refractivity contribution in [1.82, 2.24) is 0 Å². The second kappa shape index (κ2) is 16.3. The summed E-state index contributed by atoms with van der Waals surface area (Å²) in [6.07, 6.45) is 0. The molecule has 0 aliphatic carbocycles. The van der Waals surface area contributed by atoms with E-state index in [0.29, 0.717) is 16.7 Å². The van der Waals surface area contributed by atoms with Crippen LogP contribution in [0.15, 0.2) is 86.2 Å². The van der Waals surface area contributed by atoms with Crippen LogP contribution in [0.2, 0.25) is 0 Å². The van der Waals surface area contributed by atoms with E-state index in [1.165, 1.54) is 0 Å². The van der Waals surface area contributed by atoms with Crippen LogP contribution < -0.4 is 0 Å². The Balaban J connectivity index is 0.000000429. The second-order valence-corrected chi connectivity index (χ2v) is 9.24. The molecular weight excluding hydrogens is 845 g/mol. The zero-order valence-corrected chi connectivity index (χ0v) is 26.1. The summed E-state index contributed by atoms with van der Waals surface area (Å²) in [5, 5.41) is -0.937. The Labute approximate surface area is 241 Å². The molecule has 0 unspecified atom stereocenters. The minimum atomic E-state index is -0.312. The van der Waals surface area contributed by atoms with Gasteiger partial charge in [0.05, 0.1) is 0 Å². The van der Waals surface area contributed by atoms with Crippen molar-refractivity contribution in [1.29, 1.82) is 0 Å². The van der Waals surface area contributed by atoms with Gasteiger partial charge in [0.2, 0.25) is 0 Å². The van der Waals surface area contributed by atoms with Crippen molar-refractivity contribution in [2.75, 3.05) is 0 Å². The molecule has 0 atom stereocenters. The maximum Gasteiger partial charge on any atom is 3.00 e. The summed E-state index contributed by atoms with van der Waals surface area (Å²) in [4.78, 5) is 31.7. The van der Waals surface area contributed by atoms with Crippen molar-refractivity contribution in [3.8, 4) is 0 Å². The number of hydrogen-bond donors (Lipinski definition) is 0. The monoisotopic (exact) mass is 854 g/mol. The third kappa shape index (κ3) is 13.1. The van der Waals surface area contributed by atoms with Crippen molar-refractivity contribution >= 4 is 127 Å². The van der Waals surface area contributed by atoms with Gasteiger partial charge >= 0.3 is 26.2 Å². The van der Waals surface area contributed by atoms with Crippen LogP contribution in [0.1, 0.15) is 31.1 Å². The molecule has 0 N–H and O–H groups in total. The third-order valence-corrected chi connectivity index (χ3v) is 5.53. The van der Waals surface area contributed by atoms with Crippen molar-refractivity contribution in [2.24, 2.45) is 0 Å². The summed E-state index contributed by atoms with van der Waals surface area (Å²) in [5.41, 5.74) is 1.70. The first kappa shape index (κ1) is 30.7. The molecule has 0 heterocycles. The van der Waals surface area contributed by atoms with Gasteiger partial charge in [0.25, 0.3) is 0 Å². The molecule has 10 heteroatoms. The van der Waals surface area contributed by atoms with Crippen molar-refractivity contribution in [3.63, 3.8) is 0 Å². The summed E-state index contributed by atoms with van der Waals surface area (Å²) >= 11 is 23.1. The van der Waals surface area contributed by atoms with Crippen molar-refractivity contribution < 1.29 is 14.4 Å². The Kier molecular flexibility index (Phi) is 16.1. The average Bonchev–Trinajstić information content (AvgIpc) is 2.70. The smallest absolute Gasteiger partial charge is 0.737 e. The summed E-state index contributed by atoms with van der Waals surface area (Å²) < 4.78 is 2.85. The van der Waals surface area contributed by atoms with Gasteiger partial charge in [-0.15, -0.1) is 0 Å². The van der Waals surface area contributed by atoms with Crippen LogP contribution >= 0.6 is 47.8 Å². The molecule has 0 saturated heterocycles. The SMILES string of the molecule is O=C([S-])c1ccc(Br)cc1.O=C([S-])c1ccc(Br)cc1.O=C([S-])c1ccc(Br)cc1.[Bi+3]. The fourth-order valence-electron chi connectivity index (χ4n) is 1.76. The molecular formula is C21H12BiBr3O3S3. The van der Waals surface area contributed by atoms with Crippen molar-refractivity contribution in [2.45, 2.75) is 0 Å². The number of carbonyl (C=O) groups is 3. The Morgan fingerprint density at radius 2 is 0.613 bits per heavy atom. The van der Waals surface area contributed by atoms with Gasteiger partial charge in [-0.3, -0.25) is 0 Å². The topological polar surface area (TPSA) is 51.2 Å². The molecule has 0 bridgehead atoms. The number of rotatable bonds is 3. The van der Waals surface area contributed by atoms with Crippen LogP contribution in [0, 0.1) is 0 Å². The number of carbonyl (C=O) groups excluding carboxylic acids is 3. The maximum atomic E-state index is 10.6. The predicted octanol–water partition coefficient (Wildman–Crippen LogP) is 6.03. The zero-order valence-electron chi connectivity index (χ0n) is 15.5. The normalized spacial score (nSPS) is 9.00. The number of halogens is 3. The molecule has 3 nitrogen and oxygen atoms in total. The first-order valence-corrected chi connectivity index (χ1v) is 11.6. The third-order valence-electron chi connectivity index (χ3n) is 3.24. The molecule has 0 saturated carbocycles. The molecule has 3 aromatic rings. The van der Waals surface area contributed by atoms with Crippen LogP contribution in [0.5, 0.6) is 0 Å². The van der Waals surface area contributed by atoms with Crippen LogP contribution in [-0.2, 0) is 37.9 Å². The fraction of sp³-hybridized carbons (Fsp3) is 0. The van der Waals surface area contributed by atoms with Gasteiger partial charge < -0.3 is 52.3 Å². The molecule has 0 spiro atoms. The van der Waals surface area contributed by atoms with Crippen LogP contribution in [-0.4, -0.2) is 41.5 Å². The Morgan fingerprint density at radius 1 is 0.452 bits per heavy atom. The first-order valence-electron chi connectivity index (χ1n) is 8.01. The Morgan fingerprint density at radius 3 is 0.742 bits per heavy atom. The van der Waals surface area contributed by atoms with E-state index < -0.39 is 0 Å². The van der Waals surface area contributed by atoms with E-state index in [1.54, 1.807) is 72.8 Å². The van der Waals surface area contributed by atoms with E-state index >= 15 is 0 Å². The second-order valence-electron chi connectivity index (χ2n) is 5.38. The number of hydrogen-bond acceptors (Lipinski definition) is 6. The predicted molar refractivity (Wildman–Crippen MR) is 143 cm³/mol. The molecule has 0 aliphatic rings. The van der Waals surface area contributed by atoms with E-state index in [0.717, 1.165) is 13.4 Å². The zero-order chi connectivity index (χ0) is 22.7. The molecule has 3 aromatic carbocycles. The summed E-state index contributed by atoms with van der Waals surface area (Å²) in [6, 6.07) is 20.9. The molecule has 0 fully saturated rings. The Hall–Kier alpha value is -0.347. The first-order chi connectivity index (χ1) is 14.1. The average molecular weight is 857 g/mol. The van der Waals surface area contributed by atoms with Gasteiger partial charge in [-0.1, -0.05) is 84.2 Å². The number of benzene rings is 3. The van der Waals surface area contributed by atoms with Gasteiger partial charge in [-0.25, -0.2) is 0 Å². The molecule has 0 aliphatic heterocycles. The van der Waals surface area contributed by atoms with Crippen molar-refractivity contribution in [3.05, 3.63) is 103 Å². The van der Waals surface area contributed by atoms with E-state index in [4.69, 9.17) is 0 Å². The molecule has 158 valence electrons. The van der Waals surface area contributed by atoms with E-state index in [9.17, 15) is 14.4 Å². The van der Waals surface area contributed by atoms with Gasteiger partial charge in [0.15, 0.2) is 0 Å². The van der Waals surface area contributed by atoms with Gasteiger partial charge in [-0.2, -0.15) is 0 Å². The Bertz CT molecular complexity index is 865. The van der Waals surface area contributed by atoms with E-state index in [2.05, 4.69) is 85.7 Å². The van der Waals surface area contributed by atoms with Gasteiger partial charge in [0.1, 0.15) is 0 Å². The van der Waals surface area contributed by atoms with E-state index in [1.807, 2.05) is 0 Å². The minimum Gasteiger partial charge on any atom is -0.737 e. The van der Waals surface area contributed by atoms with E-state index in [-0.39, 0.29) is 41.5 Å². The molecule has 0 amide bonds. The largest absolute Gasteiger partial charge is 3.00 e. The summed E-state index contributed by atoms with van der Waals surface area (Å²) in [7, 11) is 0. The summed E-state index contributed by atoms with van der Waals surface area (Å²) in [5.74, 6) is 0. The molecule has 0 aromatic heterocycles. The van der Waals surface area contributed by atoms with Crippen LogP contribution in [0.3, 0.4) is 0 Å². The van der Waals surface area contributed by atoms with Crippen LogP contribution in [0.25, 0.3) is 0 Å².